The van der Waals surface area contributed by atoms with Crippen LogP contribution in [0.2, 0.25) is 0 Å². The third-order valence-electron chi connectivity index (χ3n) is 2.84. The third kappa shape index (κ3) is 1.55. The minimum absolute atomic E-state index is 0.163. The van der Waals surface area contributed by atoms with E-state index in [9.17, 15) is 9.90 Å². The molecule has 0 unspecified atom stereocenters. The van der Waals surface area contributed by atoms with Gasteiger partial charge in [0.25, 0.3) is 0 Å². The molecule has 0 atom stereocenters. The van der Waals surface area contributed by atoms with Crippen LogP contribution in [0.15, 0.2) is 42.6 Å². The molecule has 0 saturated heterocycles. The van der Waals surface area contributed by atoms with Crippen molar-refractivity contribution in [2.45, 2.75) is 0 Å². The van der Waals surface area contributed by atoms with Crippen LogP contribution in [0.25, 0.3) is 22.3 Å². The molecule has 3 aromatic rings. The zero-order valence-electron chi connectivity index (χ0n) is 9.42. The number of fused-ring (bicyclic) bond motifs is 1. The molecule has 0 fully saturated rings. The molecule has 0 saturated carbocycles. The molecule has 1 aromatic carbocycles. The fourth-order valence-electron chi connectivity index (χ4n) is 2.05. The highest BCUT2D eigenvalue weighted by atomic mass is 16.3. The van der Waals surface area contributed by atoms with Crippen LogP contribution >= 0.6 is 0 Å². The van der Waals surface area contributed by atoms with Gasteiger partial charge in [-0.1, -0.05) is 12.1 Å². The van der Waals surface area contributed by atoms with Crippen LogP contribution in [0.5, 0.6) is 5.75 Å². The van der Waals surface area contributed by atoms with Gasteiger partial charge in [-0.25, -0.2) is 0 Å². The van der Waals surface area contributed by atoms with Crippen LogP contribution in [-0.4, -0.2) is 21.4 Å². The highest BCUT2D eigenvalue weighted by Crippen LogP contribution is 2.29. The molecular formula is C14H10N2O2. The molecule has 0 aliphatic carbocycles. The average Bonchev–Trinajstić information content (AvgIpc) is 2.77. The first-order chi connectivity index (χ1) is 8.79. The van der Waals surface area contributed by atoms with Crippen LogP contribution in [0, 0.1) is 0 Å². The van der Waals surface area contributed by atoms with Crippen LogP contribution < -0.4 is 0 Å². The number of aromatic amines is 1. The van der Waals surface area contributed by atoms with Crippen LogP contribution in [-0.2, 0) is 0 Å². The SMILES string of the molecule is O=Cc1c(-c2cccc(O)c2)[nH]c2cccnc12. The Morgan fingerprint density at radius 1 is 1.22 bits per heavy atom. The number of phenolic OH excluding ortho intramolecular Hbond substituents is 1. The fourth-order valence-corrected chi connectivity index (χ4v) is 2.05. The van der Waals surface area contributed by atoms with E-state index in [1.807, 2.05) is 12.1 Å². The number of hydrogen-bond donors (Lipinski definition) is 2. The van der Waals surface area contributed by atoms with Crippen molar-refractivity contribution in [3.05, 3.63) is 48.2 Å². The lowest BCUT2D eigenvalue weighted by molar-refractivity contribution is 0.112. The topological polar surface area (TPSA) is 66.0 Å². The van der Waals surface area contributed by atoms with E-state index in [4.69, 9.17) is 0 Å². The van der Waals surface area contributed by atoms with Gasteiger partial charge in [0.1, 0.15) is 5.75 Å². The highest BCUT2D eigenvalue weighted by Gasteiger charge is 2.13. The molecule has 0 amide bonds. The average molecular weight is 238 g/mol. The summed E-state index contributed by atoms with van der Waals surface area (Å²) in [6.07, 6.45) is 2.43. The number of nitrogens with zero attached hydrogens (tertiary/aromatic N) is 1. The Labute approximate surface area is 103 Å². The number of aromatic hydroxyl groups is 1. The lowest BCUT2D eigenvalue weighted by Crippen LogP contribution is -1.85. The van der Waals surface area contributed by atoms with E-state index in [1.165, 1.54) is 0 Å². The second-order valence-electron chi connectivity index (χ2n) is 3.98. The normalized spacial score (nSPS) is 10.7. The van der Waals surface area contributed by atoms with Crippen LogP contribution in [0.4, 0.5) is 0 Å². The van der Waals surface area contributed by atoms with E-state index in [2.05, 4.69) is 9.97 Å². The number of nitrogens with one attached hydrogen (secondary N) is 1. The summed E-state index contributed by atoms with van der Waals surface area (Å²) in [5.41, 5.74) is 3.39. The molecule has 88 valence electrons. The van der Waals surface area contributed by atoms with Crippen molar-refractivity contribution in [2.75, 3.05) is 0 Å². The highest BCUT2D eigenvalue weighted by molar-refractivity contribution is 6.02. The zero-order chi connectivity index (χ0) is 12.5. The number of aromatic nitrogens is 2. The first-order valence-corrected chi connectivity index (χ1v) is 5.51. The summed E-state index contributed by atoms with van der Waals surface area (Å²) in [4.78, 5) is 18.6. The van der Waals surface area contributed by atoms with E-state index in [1.54, 1.807) is 30.5 Å². The lowest BCUT2D eigenvalue weighted by atomic mass is 10.1. The van der Waals surface area contributed by atoms with Gasteiger partial charge in [-0.05, 0) is 24.3 Å². The van der Waals surface area contributed by atoms with Gasteiger partial charge in [0.05, 0.1) is 22.3 Å². The number of rotatable bonds is 2. The molecule has 0 radical (unpaired) electrons. The molecule has 3 rings (SSSR count). The van der Waals surface area contributed by atoms with Crippen molar-refractivity contribution in [3.8, 4) is 17.0 Å². The predicted molar refractivity (Wildman–Crippen MR) is 68.6 cm³/mol. The lowest BCUT2D eigenvalue weighted by Gasteiger charge is -2.00. The summed E-state index contributed by atoms with van der Waals surface area (Å²) in [6.45, 7) is 0. The second kappa shape index (κ2) is 4.00. The van der Waals surface area contributed by atoms with E-state index in [-0.39, 0.29) is 5.75 Å². The maximum absolute atomic E-state index is 11.2. The first kappa shape index (κ1) is 10.5. The zero-order valence-corrected chi connectivity index (χ0v) is 9.42. The van der Waals surface area contributed by atoms with E-state index in [0.717, 1.165) is 17.4 Å². The van der Waals surface area contributed by atoms with Crippen molar-refractivity contribution in [1.29, 1.82) is 0 Å². The molecule has 4 nitrogen and oxygen atoms in total. The number of carbonyl (C=O) groups excluding carboxylic acids is 1. The van der Waals surface area contributed by atoms with Gasteiger partial charge < -0.3 is 10.1 Å². The molecule has 0 spiro atoms. The Morgan fingerprint density at radius 2 is 2.11 bits per heavy atom. The molecule has 0 aliphatic heterocycles. The number of pyridine rings is 1. The van der Waals surface area contributed by atoms with E-state index in [0.29, 0.717) is 16.8 Å². The van der Waals surface area contributed by atoms with Crippen LogP contribution in [0.1, 0.15) is 10.4 Å². The van der Waals surface area contributed by atoms with E-state index < -0.39 is 0 Å². The molecule has 2 heterocycles. The van der Waals surface area contributed by atoms with Gasteiger partial charge >= 0.3 is 0 Å². The Kier molecular flexibility index (Phi) is 2.34. The Hall–Kier alpha value is -2.62. The van der Waals surface area contributed by atoms with Gasteiger partial charge in [0.15, 0.2) is 6.29 Å². The largest absolute Gasteiger partial charge is 0.508 e. The second-order valence-corrected chi connectivity index (χ2v) is 3.98. The van der Waals surface area contributed by atoms with E-state index >= 15 is 0 Å². The quantitative estimate of drug-likeness (QED) is 0.674. The number of benzene rings is 1. The van der Waals surface area contributed by atoms with Gasteiger partial charge in [-0.3, -0.25) is 9.78 Å². The molecular weight excluding hydrogens is 228 g/mol. The van der Waals surface area contributed by atoms with Crippen molar-refractivity contribution in [2.24, 2.45) is 0 Å². The third-order valence-corrected chi connectivity index (χ3v) is 2.84. The predicted octanol–water partition coefficient (Wildman–Crippen LogP) is 2.75. The number of phenols is 1. The van der Waals surface area contributed by atoms with Crippen molar-refractivity contribution in [3.63, 3.8) is 0 Å². The summed E-state index contributed by atoms with van der Waals surface area (Å²) in [6, 6.07) is 10.4. The molecule has 2 aromatic heterocycles. The summed E-state index contributed by atoms with van der Waals surface area (Å²) in [5.74, 6) is 0.163. The molecule has 4 heteroatoms. The van der Waals surface area contributed by atoms with Gasteiger partial charge in [-0.15, -0.1) is 0 Å². The minimum atomic E-state index is 0.163. The Morgan fingerprint density at radius 3 is 2.89 bits per heavy atom. The number of aldehydes is 1. The van der Waals surface area contributed by atoms with Crippen molar-refractivity contribution in [1.82, 2.24) is 9.97 Å². The van der Waals surface area contributed by atoms with Crippen molar-refractivity contribution < 1.29 is 9.90 Å². The minimum Gasteiger partial charge on any atom is -0.508 e. The summed E-state index contributed by atoms with van der Waals surface area (Å²) in [5, 5.41) is 9.50. The number of H-pyrrole nitrogens is 1. The first-order valence-electron chi connectivity index (χ1n) is 5.51. The van der Waals surface area contributed by atoms with Crippen molar-refractivity contribution >= 4 is 17.3 Å². The summed E-state index contributed by atoms with van der Waals surface area (Å²) < 4.78 is 0. The van der Waals surface area contributed by atoms with Gasteiger partial charge in [0.2, 0.25) is 0 Å². The van der Waals surface area contributed by atoms with Gasteiger partial charge in [-0.2, -0.15) is 0 Å². The van der Waals surface area contributed by atoms with Gasteiger partial charge in [0, 0.05) is 11.8 Å². The Bertz CT molecular complexity index is 731. The summed E-state index contributed by atoms with van der Waals surface area (Å²) in [7, 11) is 0. The molecule has 2 N–H and O–H groups in total. The number of carbonyl (C=O) groups is 1. The Balaban J connectivity index is 2.32. The maximum Gasteiger partial charge on any atom is 0.154 e. The smallest absolute Gasteiger partial charge is 0.154 e. The molecule has 0 aliphatic rings. The van der Waals surface area contributed by atoms with Crippen LogP contribution in [0.3, 0.4) is 0 Å². The molecule has 18 heavy (non-hydrogen) atoms. The summed E-state index contributed by atoms with van der Waals surface area (Å²) >= 11 is 0. The maximum atomic E-state index is 11.2. The standard InChI is InChI=1S/C14H10N2O2/c17-8-11-13(9-3-1-4-10(18)7-9)16-12-5-2-6-15-14(11)12/h1-8,16,18H. The fraction of sp³-hybridized carbons (Fsp3) is 0. The number of hydrogen-bond acceptors (Lipinski definition) is 3. The molecule has 0 bridgehead atoms. The monoisotopic (exact) mass is 238 g/mol.